The average Bonchev–Trinajstić information content (AvgIpc) is 3.29. The second-order valence-corrected chi connectivity index (χ2v) is 8.85. The zero-order chi connectivity index (χ0) is 21.8. The molecule has 0 saturated carbocycles. The zero-order valence-electron chi connectivity index (χ0n) is 17.2. The van der Waals surface area contributed by atoms with E-state index in [0.717, 1.165) is 37.4 Å². The SMILES string of the molecule is C#C[C@@](C)(c1ccc(Cl)cc1)c1csc(NC(=O)c2ccc(N3CCNCC3)cc2)n1. The minimum absolute atomic E-state index is 0.193. The molecule has 4 rings (SSSR count). The molecule has 1 amide bonds. The molecule has 1 aliphatic heterocycles. The molecule has 7 heteroatoms. The fraction of sp³-hybridized carbons (Fsp3) is 0.250. The normalized spacial score (nSPS) is 15.7. The van der Waals surface area contributed by atoms with Crippen LogP contribution in [-0.2, 0) is 5.41 Å². The van der Waals surface area contributed by atoms with E-state index in [-0.39, 0.29) is 5.91 Å². The molecule has 0 spiro atoms. The Kier molecular flexibility index (Phi) is 6.28. The lowest BCUT2D eigenvalue weighted by Crippen LogP contribution is -2.43. The van der Waals surface area contributed by atoms with E-state index in [1.54, 1.807) is 0 Å². The van der Waals surface area contributed by atoms with Crippen molar-refractivity contribution in [1.82, 2.24) is 10.3 Å². The number of carbonyl (C=O) groups excluding carboxylic acids is 1. The van der Waals surface area contributed by atoms with Gasteiger partial charge in [-0.1, -0.05) is 29.7 Å². The molecule has 2 heterocycles. The van der Waals surface area contributed by atoms with Crippen LogP contribution in [0.4, 0.5) is 10.8 Å². The Hall–Kier alpha value is -2.85. The number of nitrogens with zero attached hydrogens (tertiary/aromatic N) is 2. The van der Waals surface area contributed by atoms with Crippen molar-refractivity contribution < 1.29 is 4.79 Å². The third-order valence-electron chi connectivity index (χ3n) is 5.56. The van der Waals surface area contributed by atoms with Crippen molar-refractivity contribution in [2.24, 2.45) is 0 Å². The Morgan fingerprint density at radius 2 is 1.87 bits per heavy atom. The van der Waals surface area contributed by atoms with Crippen LogP contribution in [0.1, 0.15) is 28.5 Å². The van der Waals surface area contributed by atoms with Gasteiger partial charge < -0.3 is 10.2 Å². The van der Waals surface area contributed by atoms with Gasteiger partial charge in [-0.05, 0) is 48.9 Å². The first kappa shape index (κ1) is 21.4. The van der Waals surface area contributed by atoms with Gasteiger partial charge in [0.15, 0.2) is 5.13 Å². The van der Waals surface area contributed by atoms with Gasteiger partial charge in [0.25, 0.3) is 5.91 Å². The molecule has 31 heavy (non-hydrogen) atoms. The lowest BCUT2D eigenvalue weighted by Gasteiger charge is -2.29. The predicted octanol–water partition coefficient (Wildman–Crippen LogP) is 4.40. The summed E-state index contributed by atoms with van der Waals surface area (Å²) in [5.41, 5.74) is 2.64. The predicted molar refractivity (Wildman–Crippen MR) is 128 cm³/mol. The summed E-state index contributed by atoms with van der Waals surface area (Å²) in [6.07, 6.45) is 5.87. The van der Waals surface area contributed by atoms with Crippen LogP contribution in [0.25, 0.3) is 0 Å². The minimum Gasteiger partial charge on any atom is -0.369 e. The summed E-state index contributed by atoms with van der Waals surface area (Å²) in [6, 6.07) is 15.1. The molecule has 5 nitrogen and oxygen atoms in total. The maximum Gasteiger partial charge on any atom is 0.257 e. The monoisotopic (exact) mass is 450 g/mol. The third kappa shape index (κ3) is 4.59. The summed E-state index contributed by atoms with van der Waals surface area (Å²) in [5.74, 6) is 2.65. The number of nitrogens with one attached hydrogen (secondary N) is 2. The molecule has 0 radical (unpaired) electrons. The van der Waals surface area contributed by atoms with Gasteiger partial charge in [-0.2, -0.15) is 0 Å². The number of carbonyl (C=O) groups is 1. The molecule has 1 aromatic heterocycles. The standard InChI is InChI=1S/C24H23ClN4OS/c1-3-24(2,18-6-8-19(25)9-7-18)21-16-31-23(27-21)28-22(30)17-4-10-20(11-5-17)29-14-12-26-13-15-29/h1,4-11,16,26H,12-15H2,2H3,(H,27,28,30)/t24-/m0/s1. The lowest BCUT2D eigenvalue weighted by atomic mass is 9.81. The first-order valence-corrected chi connectivity index (χ1v) is 11.3. The van der Waals surface area contributed by atoms with Gasteiger partial charge in [0, 0.05) is 47.8 Å². The number of terminal acetylenes is 1. The van der Waals surface area contributed by atoms with Crippen LogP contribution in [0.2, 0.25) is 5.02 Å². The fourth-order valence-corrected chi connectivity index (χ4v) is 4.51. The summed E-state index contributed by atoms with van der Waals surface area (Å²) in [7, 11) is 0. The Morgan fingerprint density at radius 1 is 1.19 bits per heavy atom. The van der Waals surface area contributed by atoms with Crippen LogP contribution in [0.3, 0.4) is 0 Å². The number of hydrogen-bond donors (Lipinski definition) is 2. The molecule has 0 unspecified atom stereocenters. The van der Waals surface area contributed by atoms with Gasteiger partial charge in [0.1, 0.15) is 0 Å². The van der Waals surface area contributed by atoms with E-state index in [0.29, 0.717) is 21.4 Å². The summed E-state index contributed by atoms with van der Waals surface area (Å²) in [6.45, 7) is 5.82. The fourth-order valence-electron chi connectivity index (χ4n) is 3.57. The van der Waals surface area contributed by atoms with Crippen molar-refractivity contribution in [3.05, 3.63) is 75.8 Å². The molecule has 158 valence electrons. The molecular weight excluding hydrogens is 428 g/mol. The molecule has 2 N–H and O–H groups in total. The maximum absolute atomic E-state index is 12.7. The highest BCUT2D eigenvalue weighted by atomic mass is 35.5. The van der Waals surface area contributed by atoms with Crippen molar-refractivity contribution in [3.8, 4) is 12.3 Å². The number of halogens is 1. The number of piperazine rings is 1. The zero-order valence-corrected chi connectivity index (χ0v) is 18.8. The van der Waals surface area contributed by atoms with Gasteiger partial charge in [-0.15, -0.1) is 17.8 Å². The average molecular weight is 451 g/mol. The maximum atomic E-state index is 12.7. The van der Waals surface area contributed by atoms with Gasteiger partial charge in [0.2, 0.25) is 0 Å². The van der Waals surface area contributed by atoms with E-state index in [1.807, 2.05) is 60.8 Å². The highest BCUT2D eigenvalue weighted by Crippen LogP contribution is 2.34. The number of hydrogen-bond acceptors (Lipinski definition) is 5. The topological polar surface area (TPSA) is 57.3 Å². The molecule has 2 aromatic carbocycles. The van der Waals surface area contributed by atoms with Crippen molar-refractivity contribution >= 4 is 39.7 Å². The van der Waals surface area contributed by atoms with Gasteiger partial charge in [-0.25, -0.2) is 4.98 Å². The quantitative estimate of drug-likeness (QED) is 0.566. The molecule has 1 aliphatic rings. The van der Waals surface area contributed by atoms with Crippen LogP contribution in [0.15, 0.2) is 53.9 Å². The highest BCUT2D eigenvalue weighted by Gasteiger charge is 2.29. The number of thiazole rings is 1. The van der Waals surface area contributed by atoms with Crippen LogP contribution < -0.4 is 15.5 Å². The molecule has 0 aliphatic carbocycles. The van der Waals surface area contributed by atoms with Crippen LogP contribution in [0, 0.1) is 12.3 Å². The van der Waals surface area contributed by atoms with Crippen molar-refractivity contribution in [3.63, 3.8) is 0 Å². The number of anilines is 2. The van der Waals surface area contributed by atoms with Crippen LogP contribution >= 0.6 is 22.9 Å². The van der Waals surface area contributed by atoms with E-state index in [2.05, 4.69) is 26.4 Å². The van der Waals surface area contributed by atoms with Crippen LogP contribution in [-0.4, -0.2) is 37.1 Å². The van der Waals surface area contributed by atoms with Crippen LogP contribution in [0.5, 0.6) is 0 Å². The Bertz CT molecular complexity index is 1100. The molecular formula is C24H23ClN4OS. The first-order valence-electron chi connectivity index (χ1n) is 10.1. The Morgan fingerprint density at radius 3 is 2.52 bits per heavy atom. The van der Waals surface area contributed by atoms with Gasteiger partial charge >= 0.3 is 0 Å². The van der Waals surface area contributed by atoms with Gasteiger partial charge in [0.05, 0.1) is 11.1 Å². The third-order valence-corrected chi connectivity index (χ3v) is 6.57. The van der Waals surface area contributed by atoms with Crippen molar-refractivity contribution in [1.29, 1.82) is 0 Å². The smallest absolute Gasteiger partial charge is 0.257 e. The number of aromatic nitrogens is 1. The number of benzene rings is 2. The summed E-state index contributed by atoms with van der Waals surface area (Å²) in [5, 5.41) is 9.28. The van der Waals surface area contributed by atoms with E-state index in [1.165, 1.54) is 11.3 Å². The largest absolute Gasteiger partial charge is 0.369 e. The number of amides is 1. The molecule has 0 bridgehead atoms. The highest BCUT2D eigenvalue weighted by molar-refractivity contribution is 7.14. The summed E-state index contributed by atoms with van der Waals surface area (Å²) < 4.78 is 0. The van der Waals surface area contributed by atoms with E-state index >= 15 is 0 Å². The van der Waals surface area contributed by atoms with E-state index in [9.17, 15) is 4.79 Å². The van der Waals surface area contributed by atoms with E-state index < -0.39 is 5.41 Å². The Balaban J connectivity index is 1.47. The number of rotatable bonds is 5. The molecule has 1 atom stereocenters. The van der Waals surface area contributed by atoms with Crippen molar-refractivity contribution in [2.45, 2.75) is 12.3 Å². The first-order chi connectivity index (χ1) is 15.0. The molecule has 1 fully saturated rings. The minimum atomic E-state index is -0.713. The summed E-state index contributed by atoms with van der Waals surface area (Å²) >= 11 is 7.36. The molecule has 1 saturated heterocycles. The van der Waals surface area contributed by atoms with Gasteiger partial charge in [-0.3, -0.25) is 10.1 Å². The second-order valence-electron chi connectivity index (χ2n) is 7.55. The lowest BCUT2D eigenvalue weighted by molar-refractivity contribution is 0.102. The molecule has 3 aromatic rings. The summed E-state index contributed by atoms with van der Waals surface area (Å²) in [4.78, 5) is 19.6. The van der Waals surface area contributed by atoms with Crippen molar-refractivity contribution in [2.75, 3.05) is 36.4 Å². The second kappa shape index (κ2) is 9.11. The Labute approximate surface area is 191 Å². The van der Waals surface area contributed by atoms with E-state index in [4.69, 9.17) is 18.0 Å².